The number of benzene rings is 2. The molecule has 0 atom stereocenters. The van der Waals surface area contributed by atoms with Crippen LogP contribution in [0.5, 0.6) is 0 Å². The average Bonchev–Trinajstić information content (AvgIpc) is 2.88. The van der Waals surface area contributed by atoms with Gasteiger partial charge in [-0.25, -0.2) is 0 Å². The summed E-state index contributed by atoms with van der Waals surface area (Å²) in [6.45, 7) is 0.800. The van der Waals surface area contributed by atoms with Gasteiger partial charge in [-0.15, -0.1) is 0 Å². The van der Waals surface area contributed by atoms with Crippen molar-refractivity contribution in [1.29, 1.82) is 0 Å². The van der Waals surface area contributed by atoms with Crippen molar-refractivity contribution in [1.82, 2.24) is 9.78 Å². The highest BCUT2D eigenvalue weighted by atomic mass is 79.9. The van der Waals surface area contributed by atoms with Gasteiger partial charge in [0.25, 0.3) is 0 Å². The lowest BCUT2D eigenvalue weighted by molar-refractivity contribution is 0.687. The van der Waals surface area contributed by atoms with E-state index in [0.717, 1.165) is 16.6 Å². The minimum absolute atomic E-state index is 0.800. The normalized spacial score (nSPS) is 10.6. The second-order valence-electron chi connectivity index (χ2n) is 4.42. The highest BCUT2D eigenvalue weighted by Crippen LogP contribution is 2.22. The largest absolute Gasteiger partial charge is 0.268 e. The van der Waals surface area contributed by atoms with Gasteiger partial charge in [-0.3, -0.25) is 4.68 Å². The van der Waals surface area contributed by atoms with Crippen LogP contribution in [-0.4, -0.2) is 9.78 Å². The van der Waals surface area contributed by atoms with E-state index in [1.54, 1.807) is 0 Å². The van der Waals surface area contributed by atoms with Crippen LogP contribution in [0.15, 0.2) is 71.5 Å². The monoisotopic (exact) mass is 312 g/mol. The molecule has 94 valence electrons. The van der Waals surface area contributed by atoms with Crippen molar-refractivity contribution >= 4 is 15.9 Å². The summed E-state index contributed by atoms with van der Waals surface area (Å²) in [6.07, 6.45) is 3.99. The Morgan fingerprint density at radius 1 is 0.947 bits per heavy atom. The molecule has 0 aliphatic rings. The van der Waals surface area contributed by atoms with E-state index in [0.29, 0.717) is 0 Å². The van der Waals surface area contributed by atoms with E-state index in [1.165, 1.54) is 11.1 Å². The third-order valence-corrected chi connectivity index (χ3v) is 3.47. The fourth-order valence-electron chi connectivity index (χ4n) is 2.04. The molecule has 2 aromatic carbocycles. The summed E-state index contributed by atoms with van der Waals surface area (Å²) in [6, 6.07) is 18.6. The number of hydrogen-bond donors (Lipinski definition) is 0. The molecule has 1 heterocycles. The topological polar surface area (TPSA) is 17.8 Å². The van der Waals surface area contributed by atoms with Gasteiger partial charge < -0.3 is 0 Å². The molecule has 0 aliphatic heterocycles. The summed E-state index contributed by atoms with van der Waals surface area (Å²) < 4.78 is 3.05. The first-order valence-electron chi connectivity index (χ1n) is 6.13. The van der Waals surface area contributed by atoms with E-state index in [-0.39, 0.29) is 0 Å². The van der Waals surface area contributed by atoms with Crippen LogP contribution < -0.4 is 0 Å². The van der Waals surface area contributed by atoms with E-state index in [1.807, 2.05) is 41.2 Å². The number of aromatic nitrogens is 2. The highest BCUT2D eigenvalue weighted by Gasteiger charge is 2.02. The van der Waals surface area contributed by atoms with Crippen molar-refractivity contribution in [2.75, 3.05) is 0 Å². The van der Waals surface area contributed by atoms with Crippen molar-refractivity contribution in [3.8, 4) is 11.1 Å². The van der Waals surface area contributed by atoms with Crippen LogP contribution in [0.25, 0.3) is 11.1 Å². The van der Waals surface area contributed by atoms with Crippen molar-refractivity contribution in [3.63, 3.8) is 0 Å². The van der Waals surface area contributed by atoms with E-state index in [2.05, 4.69) is 51.5 Å². The summed E-state index contributed by atoms with van der Waals surface area (Å²) in [5, 5.41) is 4.42. The maximum Gasteiger partial charge on any atom is 0.0659 e. The minimum Gasteiger partial charge on any atom is -0.268 e. The molecule has 1 aromatic heterocycles. The predicted molar refractivity (Wildman–Crippen MR) is 80.9 cm³/mol. The van der Waals surface area contributed by atoms with E-state index < -0.39 is 0 Å². The molecule has 3 rings (SSSR count). The first kappa shape index (κ1) is 12.2. The molecule has 0 saturated carbocycles. The fourth-order valence-corrected chi connectivity index (χ4v) is 2.44. The zero-order valence-electron chi connectivity index (χ0n) is 10.3. The Bertz CT molecular complexity index is 674. The lowest BCUT2D eigenvalue weighted by Crippen LogP contribution is -1.99. The van der Waals surface area contributed by atoms with Crippen LogP contribution in [-0.2, 0) is 6.54 Å². The number of rotatable bonds is 3. The molecular formula is C16H13BrN2. The van der Waals surface area contributed by atoms with E-state index >= 15 is 0 Å². The van der Waals surface area contributed by atoms with E-state index in [4.69, 9.17) is 0 Å². The van der Waals surface area contributed by atoms with E-state index in [9.17, 15) is 0 Å². The zero-order chi connectivity index (χ0) is 13.1. The first-order chi connectivity index (χ1) is 9.31. The molecule has 0 spiro atoms. The Balaban J connectivity index is 1.84. The van der Waals surface area contributed by atoms with Crippen molar-refractivity contribution in [2.45, 2.75) is 6.54 Å². The van der Waals surface area contributed by atoms with Crippen LogP contribution in [0.3, 0.4) is 0 Å². The van der Waals surface area contributed by atoms with Crippen molar-refractivity contribution < 1.29 is 0 Å². The summed E-state index contributed by atoms with van der Waals surface area (Å²) in [5.41, 5.74) is 3.57. The molecule has 0 N–H and O–H groups in total. The maximum absolute atomic E-state index is 4.42. The molecule has 0 aliphatic carbocycles. The molecule has 2 nitrogen and oxygen atoms in total. The lowest BCUT2D eigenvalue weighted by Gasteiger charge is -2.01. The molecule has 0 amide bonds. The number of hydrogen-bond acceptors (Lipinski definition) is 1. The van der Waals surface area contributed by atoms with Crippen LogP contribution in [0.2, 0.25) is 0 Å². The number of halogens is 1. The minimum atomic E-state index is 0.800. The van der Waals surface area contributed by atoms with Gasteiger partial charge in [0.1, 0.15) is 0 Å². The predicted octanol–water partition coefficient (Wildman–Crippen LogP) is 4.36. The lowest BCUT2D eigenvalue weighted by atomic mass is 10.1. The van der Waals surface area contributed by atoms with Gasteiger partial charge in [-0.05, 0) is 23.3 Å². The molecule has 0 fully saturated rings. The number of nitrogens with zero attached hydrogens (tertiary/aromatic N) is 2. The van der Waals surface area contributed by atoms with Gasteiger partial charge in [0, 0.05) is 16.2 Å². The van der Waals surface area contributed by atoms with Crippen molar-refractivity contribution in [2.24, 2.45) is 0 Å². The third kappa shape index (κ3) is 2.93. The Labute approximate surface area is 120 Å². The molecular weight excluding hydrogens is 300 g/mol. The second-order valence-corrected chi connectivity index (χ2v) is 5.34. The van der Waals surface area contributed by atoms with Crippen LogP contribution in [0.1, 0.15) is 5.56 Å². The molecule has 19 heavy (non-hydrogen) atoms. The van der Waals surface area contributed by atoms with Crippen LogP contribution in [0, 0.1) is 0 Å². The molecule has 0 unspecified atom stereocenters. The Hall–Kier alpha value is -1.87. The van der Waals surface area contributed by atoms with Gasteiger partial charge in [0.15, 0.2) is 0 Å². The molecule has 0 radical (unpaired) electrons. The first-order valence-corrected chi connectivity index (χ1v) is 6.93. The van der Waals surface area contributed by atoms with Crippen molar-refractivity contribution in [3.05, 3.63) is 77.0 Å². The Kier molecular flexibility index (Phi) is 3.47. The summed E-state index contributed by atoms with van der Waals surface area (Å²) in [7, 11) is 0. The molecule has 3 aromatic rings. The summed E-state index contributed by atoms with van der Waals surface area (Å²) in [4.78, 5) is 0. The Morgan fingerprint density at radius 2 is 1.79 bits per heavy atom. The zero-order valence-corrected chi connectivity index (χ0v) is 11.9. The Morgan fingerprint density at radius 3 is 2.58 bits per heavy atom. The van der Waals surface area contributed by atoms with Crippen LogP contribution >= 0.6 is 15.9 Å². The third-order valence-electron chi connectivity index (χ3n) is 2.98. The summed E-state index contributed by atoms with van der Waals surface area (Å²) >= 11 is 3.49. The standard InChI is InChI=1S/C16H13BrN2/c17-16-8-4-7-14(9-16)15-10-18-19(12-15)11-13-5-2-1-3-6-13/h1-10,12H,11H2. The molecule has 3 heteroatoms. The molecule has 0 bridgehead atoms. The van der Waals surface area contributed by atoms with Gasteiger partial charge in [0.2, 0.25) is 0 Å². The van der Waals surface area contributed by atoms with Gasteiger partial charge in [-0.2, -0.15) is 5.10 Å². The second kappa shape index (κ2) is 5.41. The van der Waals surface area contributed by atoms with Gasteiger partial charge in [-0.1, -0.05) is 58.4 Å². The van der Waals surface area contributed by atoms with Gasteiger partial charge >= 0.3 is 0 Å². The highest BCUT2D eigenvalue weighted by molar-refractivity contribution is 9.10. The fraction of sp³-hybridized carbons (Fsp3) is 0.0625. The van der Waals surface area contributed by atoms with Gasteiger partial charge in [0.05, 0.1) is 12.7 Å². The quantitative estimate of drug-likeness (QED) is 0.702. The maximum atomic E-state index is 4.42. The molecule has 0 saturated heterocycles. The summed E-state index contributed by atoms with van der Waals surface area (Å²) in [5.74, 6) is 0. The van der Waals surface area contributed by atoms with Crippen LogP contribution in [0.4, 0.5) is 0 Å². The average molecular weight is 313 g/mol. The smallest absolute Gasteiger partial charge is 0.0659 e. The SMILES string of the molecule is Brc1cccc(-c2cnn(Cc3ccccc3)c2)c1.